The van der Waals surface area contributed by atoms with Crippen molar-refractivity contribution in [2.45, 2.75) is 6.92 Å². The lowest BCUT2D eigenvalue weighted by molar-refractivity contribution is -0.114. The van der Waals surface area contributed by atoms with Crippen LogP contribution in [0.25, 0.3) is 10.8 Å². The van der Waals surface area contributed by atoms with E-state index in [9.17, 15) is 4.79 Å². The maximum absolute atomic E-state index is 11.2. The molecule has 18 heavy (non-hydrogen) atoms. The van der Waals surface area contributed by atoms with Crippen LogP contribution in [0.1, 0.15) is 18.1 Å². The fourth-order valence-corrected chi connectivity index (χ4v) is 1.87. The van der Waals surface area contributed by atoms with Crippen LogP contribution in [0, 0.1) is 22.7 Å². The summed E-state index contributed by atoms with van der Waals surface area (Å²) in [6, 6.07) is 12.7. The van der Waals surface area contributed by atoms with E-state index in [-0.39, 0.29) is 5.91 Å². The number of benzene rings is 2. The smallest absolute Gasteiger partial charge is 0.221 e. The molecule has 0 aromatic heterocycles. The molecule has 2 aromatic carbocycles. The molecule has 86 valence electrons. The minimum atomic E-state index is -0.249. The Hall–Kier alpha value is -2.85. The van der Waals surface area contributed by atoms with Gasteiger partial charge in [0, 0.05) is 17.7 Å². The second-order valence-corrected chi connectivity index (χ2v) is 3.80. The minimum absolute atomic E-state index is 0.249. The molecule has 0 heterocycles. The van der Waals surface area contributed by atoms with Gasteiger partial charge in [-0.15, -0.1) is 0 Å². The number of amides is 1. The van der Waals surface area contributed by atoms with Gasteiger partial charge in [-0.3, -0.25) is 4.79 Å². The van der Waals surface area contributed by atoms with Crippen molar-refractivity contribution < 1.29 is 4.79 Å². The van der Waals surface area contributed by atoms with Crippen LogP contribution in [0.4, 0.5) is 5.69 Å². The number of carbonyl (C=O) groups is 1. The topological polar surface area (TPSA) is 76.7 Å². The van der Waals surface area contributed by atoms with Crippen molar-refractivity contribution in [3.63, 3.8) is 0 Å². The van der Waals surface area contributed by atoms with Gasteiger partial charge >= 0.3 is 0 Å². The van der Waals surface area contributed by atoms with Crippen LogP contribution in [0.2, 0.25) is 0 Å². The Morgan fingerprint density at radius 3 is 2.28 bits per heavy atom. The summed E-state index contributed by atoms with van der Waals surface area (Å²) in [4.78, 5) is 11.2. The van der Waals surface area contributed by atoms with Gasteiger partial charge in [-0.05, 0) is 6.07 Å². The Morgan fingerprint density at radius 2 is 1.72 bits per heavy atom. The number of fused-ring (bicyclic) bond motifs is 1. The minimum Gasteiger partial charge on any atom is -0.325 e. The van der Waals surface area contributed by atoms with Gasteiger partial charge in [0.2, 0.25) is 5.91 Å². The Labute approximate surface area is 104 Å². The predicted molar refractivity (Wildman–Crippen MR) is 67.7 cm³/mol. The lowest BCUT2D eigenvalue weighted by atomic mass is 9.99. The summed E-state index contributed by atoms with van der Waals surface area (Å²) in [6.45, 7) is 1.38. The van der Waals surface area contributed by atoms with E-state index < -0.39 is 0 Å². The molecule has 1 N–H and O–H groups in total. The number of carbonyl (C=O) groups excluding carboxylic acids is 1. The van der Waals surface area contributed by atoms with Gasteiger partial charge in [0.05, 0.1) is 22.9 Å². The number of nitriles is 2. The van der Waals surface area contributed by atoms with Crippen LogP contribution >= 0.6 is 0 Å². The predicted octanol–water partition coefficient (Wildman–Crippen LogP) is 2.54. The summed E-state index contributed by atoms with van der Waals surface area (Å²) in [5, 5.41) is 22.3. The summed E-state index contributed by atoms with van der Waals surface area (Å²) in [7, 11) is 0. The average Bonchev–Trinajstić information content (AvgIpc) is 2.38. The summed E-state index contributed by atoms with van der Waals surface area (Å²) in [5.74, 6) is -0.249. The molecule has 0 spiro atoms. The van der Waals surface area contributed by atoms with Gasteiger partial charge in [0.15, 0.2) is 0 Å². The highest BCUT2D eigenvalue weighted by atomic mass is 16.1. The molecule has 0 saturated carbocycles. The molecule has 0 fully saturated rings. The van der Waals surface area contributed by atoms with E-state index in [0.29, 0.717) is 22.2 Å². The summed E-state index contributed by atoms with van der Waals surface area (Å²) in [5.41, 5.74) is 1.18. The van der Waals surface area contributed by atoms with E-state index in [1.807, 2.05) is 12.1 Å². The Kier molecular flexibility index (Phi) is 2.95. The highest BCUT2D eigenvalue weighted by Crippen LogP contribution is 2.30. The van der Waals surface area contributed by atoms with Crippen LogP contribution < -0.4 is 5.32 Å². The van der Waals surface area contributed by atoms with E-state index >= 15 is 0 Å². The molecule has 4 nitrogen and oxygen atoms in total. The molecule has 0 saturated heterocycles. The standard InChI is InChI=1S/C14H9N3O/c1-9(18)17-14-11(8-16)6-10(7-15)12-4-2-3-5-13(12)14/h2-6H,1H3,(H,17,18). The third-order valence-corrected chi connectivity index (χ3v) is 2.59. The lowest BCUT2D eigenvalue weighted by Crippen LogP contribution is -2.08. The molecule has 0 unspecified atom stereocenters. The zero-order valence-electron chi connectivity index (χ0n) is 9.69. The number of rotatable bonds is 1. The highest BCUT2D eigenvalue weighted by molar-refractivity contribution is 6.05. The van der Waals surface area contributed by atoms with Crippen LogP contribution in [0.3, 0.4) is 0 Å². The highest BCUT2D eigenvalue weighted by Gasteiger charge is 2.12. The third-order valence-electron chi connectivity index (χ3n) is 2.59. The van der Waals surface area contributed by atoms with Gasteiger partial charge in [0.25, 0.3) is 0 Å². The van der Waals surface area contributed by atoms with Crippen LogP contribution in [-0.4, -0.2) is 5.91 Å². The first-order valence-electron chi connectivity index (χ1n) is 5.31. The van der Waals surface area contributed by atoms with Gasteiger partial charge in [-0.25, -0.2) is 0 Å². The van der Waals surface area contributed by atoms with E-state index in [1.54, 1.807) is 18.2 Å². The number of nitrogens with one attached hydrogen (secondary N) is 1. The van der Waals surface area contributed by atoms with Gasteiger partial charge in [-0.2, -0.15) is 10.5 Å². The average molecular weight is 235 g/mol. The van der Waals surface area contributed by atoms with Gasteiger partial charge in [0.1, 0.15) is 6.07 Å². The van der Waals surface area contributed by atoms with Crippen LogP contribution in [0.5, 0.6) is 0 Å². The second-order valence-electron chi connectivity index (χ2n) is 3.80. The van der Waals surface area contributed by atoms with Crippen molar-refractivity contribution in [2.75, 3.05) is 5.32 Å². The number of hydrogen-bond donors (Lipinski definition) is 1. The molecule has 1 amide bonds. The zero-order chi connectivity index (χ0) is 13.1. The maximum atomic E-state index is 11.2. The number of anilines is 1. The van der Waals surface area contributed by atoms with E-state index in [4.69, 9.17) is 10.5 Å². The fourth-order valence-electron chi connectivity index (χ4n) is 1.87. The molecule has 2 aromatic rings. The molecule has 4 heteroatoms. The quantitative estimate of drug-likeness (QED) is 0.825. The summed E-state index contributed by atoms with van der Waals surface area (Å²) in [6.07, 6.45) is 0. The molecule has 0 bridgehead atoms. The van der Waals surface area contributed by atoms with Crippen LogP contribution in [0.15, 0.2) is 30.3 Å². The van der Waals surface area contributed by atoms with Crippen molar-refractivity contribution in [1.82, 2.24) is 0 Å². The first-order valence-corrected chi connectivity index (χ1v) is 5.31. The third kappa shape index (κ3) is 1.88. The first-order chi connectivity index (χ1) is 8.67. The Bertz CT molecular complexity index is 720. The summed E-state index contributed by atoms with van der Waals surface area (Å²) >= 11 is 0. The lowest BCUT2D eigenvalue weighted by Gasteiger charge is -2.10. The molecular weight excluding hydrogens is 226 g/mol. The molecule has 0 aliphatic rings. The normalized spacial score (nSPS) is 9.50. The van der Waals surface area contributed by atoms with Gasteiger partial charge in [-0.1, -0.05) is 24.3 Å². The van der Waals surface area contributed by atoms with Crippen LogP contribution in [-0.2, 0) is 4.79 Å². The van der Waals surface area contributed by atoms with E-state index in [0.717, 1.165) is 5.39 Å². The first kappa shape index (κ1) is 11.6. The van der Waals surface area contributed by atoms with Crippen molar-refractivity contribution >= 4 is 22.4 Å². The Morgan fingerprint density at radius 1 is 1.11 bits per heavy atom. The zero-order valence-corrected chi connectivity index (χ0v) is 9.69. The molecular formula is C14H9N3O. The van der Waals surface area contributed by atoms with Crippen molar-refractivity contribution in [1.29, 1.82) is 10.5 Å². The monoisotopic (exact) mass is 235 g/mol. The molecule has 0 atom stereocenters. The molecule has 0 radical (unpaired) electrons. The van der Waals surface area contributed by atoms with E-state index in [1.165, 1.54) is 13.0 Å². The van der Waals surface area contributed by atoms with Crippen molar-refractivity contribution in [3.05, 3.63) is 41.5 Å². The largest absolute Gasteiger partial charge is 0.325 e. The number of nitrogens with zero attached hydrogens (tertiary/aromatic N) is 2. The van der Waals surface area contributed by atoms with Crippen molar-refractivity contribution in [2.24, 2.45) is 0 Å². The van der Waals surface area contributed by atoms with E-state index in [2.05, 4.69) is 11.4 Å². The second kappa shape index (κ2) is 4.57. The van der Waals surface area contributed by atoms with Gasteiger partial charge < -0.3 is 5.32 Å². The molecule has 0 aliphatic heterocycles. The van der Waals surface area contributed by atoms with Crippen molar-refractivity contribution in [3.8, 4) is 12.1 Å². The maximum Gasteiger partial charge on any atom is 0.221 e. The summed E-state index contributed by atoms with van der Waals surface area (Å²) < 4.78 is 0. The number of hydrogen-bond acceptors (Lipinski definition) is 3. The Balaban J connectivity index is 2.87. The molecule has 2 rings (SSSR count). The molecule has 0 aliphatic carbocycles. The SMILES string of the molecule is CC(=O)Nc1c(C#N)cc(C#N)c2ccccc12. The fraction of sp³-hybridized carbons (Fsp3) is 0.0714.